The number of para-hydroxylation sites is 1. The van der Waals surface area contributed by atoms with Crippen LogP contribution in [0.15, 0.2) is 48.5 Å². The molecule has 1 spiro atoms. The molecule has 32 heavy (non-hydrogen) atoms. The van der Waals surface area contributed by atoms with Gasteiger partial charge in [0.05, 0.1) is 10.2 Å². The van der Waals surface area contributed by atoms with E-state index in [0.717, 1.165) is 40.1 Å². The number of nitrogens with one attached hydrogen (secondary N) is 2. The Morgan fingerprint density at radius 2 is 1.91 bits per heavy atom. The molecule has 2 fully saturated rings. The van der Waals surface area contributed by atoms with E-state index in [-0.39, 0.29) is 30.8 Å². The first-order valence-electron chi connectivity index (χ1n) is 10.9. The van der Waals surface area contributed by atoms with Gasteiger partial charge in [0.15, 0.2) is 0 Å². The summed E-state index contributed by atoms with van der Waals surface area (Å²) in [5.74, 6) is -0.426. The molecule has 5 rings (SSSR count). The predicted octanol–water partition coefficient (Wildman–Crippen LogP) is 4.55. The largest absolute Gasteiger partial charge is 0.326 e. The first-order valence-corrected chi connectivity index (χ1v) is 11.8. The number of nitrogens with zero attached hydrogens (tertiary/aromatic N) is 2. The number of rotatable bonds is 5. The first-order chi connectivity index (χ1) is 15.5. The summed E-state index contributed by atoms with van der Waals surface area (Å²) in [6.45, 7) is 0.0792. The fourth-order valence-electron chi connectivity index (χ4n) is 4.54. The lowest BCUT2D eigenvalue weighted by Gasteiger charge is -2.30. The number of carbonyl (C=O) groups is 3. The molecule has 7 nitrogen and oxygen atoms in total. The summed E-state index contributed by atoms with van der Waals surface area (Å²) in [5.41, 5.74) is 1.79. The van der Waals surface area contributed by atoms with Crippen LogP contribution in [0, 0.1) is 0 Å². The Balaban J connectivity index is 1.22. The van der Waals surface area contributed by atoms with Crippen LogP contribution in [-0.4, -0.2) is 39.8 Å². The number of urea groups is 1. The minimum absolute atomic E-state index is 0.0562. The van der Waals surface area contributed by atoms with E-state index in [1.807, 2.05) is 48.5 Å². The van der Waals surface area contributed by atoms with Crippen molar-refractivity contribution in [3.8, 4) is 10.6 Å². The average molecular weight is 449 g/mol. The van der Waals surface area contributed by atoms with Gasteiger partial charge in [-0.05, 0) is 37.1 Å². The zero-order valence-electron chi connectivity index (χ0n) is 17.6. The second-order valence-corrected chi connectivity index (χ2v) is 9.43. The van der Waals surface area contributed by atoms with Crippen LogP contribution < -0.4 is 10.6 Å². The Morgan fingerprint density at radius 3 is 2.72 bits per heavy atom. The van der Waals surface area contributed by atoms with Crippen LogP contribution >= 0.6 is 11.3 Å². The van der Waals surface area contributed by atoms with E-state index in [1.54, 1.807) is 11.3 Å². The first kappa shape index (κ1) is 20.6. The number of anilines is 1. The third-order valence-corrected chi connectivity index (χ3v) is 7.29. The van der Waals surface area contributed by atoms with E-state index in [4.69, 9.17) is 0 Å². The highest BCUT2D eigenvalue weighted by molar-refractivity contribution is 7.21. The maximum Gasteiger partial charge on any atom is 0.325 e. The lowest BCUT2D eigenvalue weighted by molar-refractivity contribution is -0.132. The highest BCUT2D eigenvalue weighted by Gasteiger charge is 2.51. The van der Waals surface area contributed by atoms with Gasteiger partial charge in [-0.1, -0.05) is 43.5 Å². The molecule has 0 unspecified atom stereocenters. The van der Waals surface area contributed by atoms with Gasteiger partial charge in [0, 0.05) is 24.2 Å². The summed E-state index contributed by atoms with van der Waals surface area (Å²) in [4.78, 5) is 43.6. The Bertz CT molecular complexity index is 1170. The monoisotopic (exact) mass is 448 g/mol. The molecule has 8 heteroatoms. The number of carbonyl (C=O) groups excluding carboxylic acids is 3. The summed E-state index contributed by atoms with van der Waals surface area (Å²) in [6.07, 6.45) is 4.37. The Kier molecular flexibility index (Phi) is 5.38. The lowest BCUT2D eigenvalue weighted by Crippen LogP contribution is -2.48. The predicted molar refractivity (Wildman–Crippen MR) is 124 cm³/mol. The third-order valence-electron chi connectivity index (χ3n) is 6.20. The average Bonchev–Trinajstić information content (AvgIpc) is 3.33. The van der Waals surface area contributed by atoms with Gasteiger partial charge in [0.1, 0.15) is 10.5 Å². The van der Waals surface area contributed by atoms with Crippen molar-refractivity contribution in [2.45, 2.75) is 44.1 Å². The topological polar surface area (TPSA) is 91.4 Å². The van der Waals surface area contributed by atoms with Crippen molar-refractivity contribution in [2.24, 2.45) is 0 Å². The molecular weight excluding hydrogens is 424 g/mol. The maximum absolute atomic E-state index is 12.8. The molecular formula is C24H24N4O3S. The van der Waals surface area contributed by atoms with Crippen molar-refractivity contribution in [1.29, 1.82) is 0 Å². The summed E-state index contributed by atoms with van der Waals surface area (Å²) in [6, 6.07) is 15.1. The van der Waals surface area contributed by atoms with Gasteiger partial charge in [-0.25, -0.2) is 9.78 Å². The summed E-state index contributed by atoms with van der Waals surface area (Å²) in [7, 11) is 0. The molecule has 1 aliphatic heterocycles. The number of benzene rings is 2. The molecule has 2 heterocycles. The Morgan fingerprint density at radius 1 is 1.09 bits per heavy atom. The van der Waals surface area contributed by atoms with Crippen molar-refractivity contribution in [3.05, 3.63) is 48.5 Å². The molecule has 164 valence electrons. The highest BCUT2D eigenvalue weighted by atomic mass is 32.1. The molecule has 3 aromatic rings. The van der Waals surface area contributed by atoms with Crippen molar-refractivity contribution >= 4 is 45.1 Å². The number of thiazole rings is 1. The second kappa shape index (κ2) is 8.35. The van der Waals surface area contributed by atoms with Crippen LogP contribution in [0.2, 0.25) is 0 Å². The highest BCUT2D eigenvalue weighted by Crippen LogP contribution is 2.34. The van der Waals surface area contributed by atoms with Crippen LogP contribution in [0.4, 0.5) is 10.5 Å². The van der Waals surface area contributed by atoms with E-state index in [1.165, 1.54) is 4.90 Å². The van der Waals surface area contributed by atoms with Gasteiger partial charge >= 0.3 is 6.03 Å². The van der Waals surface area contributed by atoms with Gasteiger partial charge in [-0.15, -0.1) is 11.3 Å². The molecule has 2 N–H and O–H groups in total. The normalized spacial score (nSPS) is 17.7. The molecule has 4 amide bonds. The van der Waals surface area contributed by atoms with Gasteiger partial charge in [-0.2, -0.15) is 0 Å². The number of amides is 4. The van der Waals surface area contributed by atoms with Gasteiger partial charge < -0.3 is 10.6 Å². The van der Waals surface area contributed by atoms with Crippen molar-refractivity contribution < 1.29 is 14.4 Å². The van der Waals surface area contributed by atoms with Crippen molar-refractivity contribution in [3.63, 3.8) is 0 Å². The lowest BCUT2D eigenvalue weighted by atomic mass is 9.82. The molecule has 2 aliphatic rings. The number of hydrogen-bond acceptors (Lipinski definition) is 5. The number of aromatic nitrogens is 1. The van der Waals surface area contributed by atoms with E-state index in [2.05, 4.69) is 15.6 Å². The minimum Gasteiger partial charge on any atom is -0.326 e. The summed E-state index contributed by atoms with van der Waals surface area (Å²) >= 11 is 1.60. The van der Waals surface area contributed by atoms with Crippen LogP contribution in [0.5, 0.6) is 0 Å². The minimum atomic E-state index is -0.753. The van der Waals surface area contributed by atoms with E-state index in [0.29, 0.717) is 18.5 Å². The van der Waals surface area contributed by atoms with Crippen molar-refractivity contribution in [1.82, 2.24) is 15.2 Å². The molecule has 2 aromatic carbocycles. The number of hydrogen-bond donors (Lipinski definition) is 2. The zero-order valence-corrected chi connectivity index (χ0v) is 18.4. The molecule has 0 atom stereocenters. The molecule has 1 saturated heterocycles. The molecule has 1 aromatic heterocycles. The van der Waals surface area contributed by atoms with Crippen LogP contribution in [-0.2, 0) is 9.59 Å². The fourth-order valence-corrected chi connectivity index (χ4v) is 5.50. The van der Waals surface area contributed by atoms with Crippen LogP contribution in [0.3, 0.4) is 0 Å². The van der Waals surface area contributed by atoms with Gasteiger partial charge in [0.25, 0.3) is 5.91 Å². The maximum atomic E-state index is 12.8. The zero-order chi connectivity index (χ0) is 22.1. The standard InChI is InChI=1S/C24H24N4O3S/c29-20(11-14-28-22(30)24(27-23(28)31)12-4-1-5-13-24)25-17-8-6-7-16(15-17)21-26-18-9-2-3-10-19(18)32-21/h2-3,6-10,15H,1,4-5,11-14H2,(H,25,29)(H,27,31). The number of fused-ring (bicyclic) bond motifs is 1. The summed E-state index contributed by atoms with van der Waals surface area (Å²) in [5, 5.41) is 6.65. The molecule has 1 saturated carbocycles. The fraction of sp³-hybridized carbons (Fsp3) is 0.333. The van der Waals surface area contributed by atoms with E-state index >= 15 is 0 Å². The SMILES string of the molecule is O=C(CCN1C(=O)NC2(CCCCC2)C1=O)Nc1cccc(-c2nc3ccccc3s2)c1. The Hall–Kier alpha value is -3.26. The molecule has 0 bridgehead atoms. The van der Waals surface area contributed by atoms with E-state index < -0.39 is 5.54 Å². The van der Waals surface area contributed by atoms with Crippen molar-refractivity contribution in [2.75, 3.05) is 11.9 Å². The van der Waals surface area contributed by atoms with E-state index in [9.17, 15) is 14.4 Å². The van der Waals surface area contributed by atoms with Crippen LogP contribution in [0.1, 0.15) is 38.5 Å². The van der Waals surface area contributed by atoms with Gasteiger partial charge in [0.2, 0.25) is 5.91 Å². The molecule has 1 aliphatic carbocycles. The summed E-state index contributed by atoms with van der Waals surface area (Å²) < 4.78 is 1.11. The third kappa shape index (κ3) is 3.86. The number of imide groups is 1. The second-order valence-electron chi connectivity index (χ2n) is 8.40. The quantitative estimate of drug-likeness (QED) is 0.561. The smallest absolute Gasteiger partial charge is 0.325 e. The van der Waals surface area contributed by atoms with Crippen LogP contribution in [0.25, 0.3) is 20.8 Å². The molecule has 0 radical (unpaired) electrons. The van der Waals surface area contributed by atoms with Gasteiger partial charge in [-0.3, -0.25) is 14.5 Å². The Labute approximate surface area is 189 Å².